The van der Waals surface area contributed by atoms with Crippen LogP contribution in [0.4, 0.5) is 0 Å². The molecular weight excluding hydrogens is 290 g/mol. The molecule has 0 aliphatic carbocycles. The second kappa shape index (κ2) is 10.3. The van der Waals surface area contributed by atoms with Crippen molar-refractivity contribution in [2.45, 2.75) is 33.6 Å². The van der Waals surface area contributed by atoms with Gasteiger partial charge in [-0.25, -0.2) is 0 Å². The van der Waals surface area contributed by atoms with Gasteiger partial charge in [-0.15, -0.1) is 0 Å². The Morgan fingerprint density at radius 3 is 2.48 bits per heavy atom. The van der Waals surface area contributed by atoms with Gasteiger partial charge < -0.3 is 14.8 Å². The first-order chi connectivity index (χ1) is 11.1. The molecule has 4 nitrogen and oxygen atoms in total. The topological polar surface area (TPSA) is 62.3 Å². The Bertz CT molecular complexity index is 612. The van der Waals surface area contributed by atoms with E-state index in [1.807, 2.05) is 63.4 Å². The maximum absolute atomic E-state index is 10.4. The fourth-order valence-corrected chi connectivity index (χ4v) is 1.90. The van der Waals surface area contributed by atoms with Gasteiger partial charge in [0.05, 0.1) is 6.61 Å². The maximum atomic E-state index is 10.4. The molecule has 0 radical (unpaired) electrons. The Balaban J connectivity index is 0.00000127. The van der Waals surface area contributed by atoms with Gasteiger partial charge in [0, 0.05) is 18.3 Å². The van der Waals surface area contributed by atoms with E-state index in [0.717, 1.165) is 17.0 Å². The molecule has 1 heterocycles. The van der Waals surface area contributed by atoms with Crippen molar-refractivity contribution in [3.05, 3.63) is 53.3 Å². The number of carboxylic acid groups (broad SMARTS) is 1. The standard InChI is InChI=1S/C17H19NO3.C2H6/c1-13-11-15(18-12-13)7-4-14-5-8-16(9-6-14)21-10-2-3-17(19)20;1-2/h4-9,11-12,18H,2-3,10H2,1H3,(H,19,20);1-2H3/b7-4+;. The number of ether oxygens (including phenoxy) is 1. The Morgan fingerprint density at radius 1 is 1.22 bits per heavy atom. The van der Waals surface area contributed by atoms with Gasteiger partial charge >= 0.3 is 5.97 Å². The minimum absolute atomic E-state index is 0.135. The fourth-order valence-electron chi connectivity index (χ4n) is 1.90. The van der Waals surface area contributed by atoms with Crippen LogP contribution in [0.25, 0.3) is 12.2 Å². The van der Waals surface area contributed by atoms with Gasteiger partial charge in [-0.3, -0.25) is 4.79 Å². The molecule has 2 rings (SSSR count). The SMILES string of the molecule is CC.Cc1c[nH]c(/C=C/c2ccc(OCCCC(=O)O)cc2)c1. The molecular formula is C19H25NO3. The van der Waals surface area contributed by atoms with E-state index in [0.29, 0.717) is 13.0 Å². The lowest BCUT2D eigenvalue weighted by molar-refractivity contribution is -0.137. The van der Waals surface area contributed by atoms with Gasteiger partial charge in [0.15, 0.2) is 0 Å². The highest BCUT2D eigenvalue weighted by Crippen LogP contribution is 2.15. The van der Waals surface area contributed by atoms with Crippen LogP contribution in [0.5, 0.6) is 5.75 Å². The van der Waals surface area contributed by atoms with E-state index >= 15 is 0 Å². The van der Waals surface area contributed by atoms with Crippen LogP contribution >= 0.6 is 0 Å². The number of aryl methyl sites for hydroxylation is 1. The summed E-state index contributed by atoms with van der Waals surface area (Å²) >= 11 is 0. The van der Waals surface area contributed by atoms with Crippen LogP contribution in [0.2, 0.25) is 0 Å². The summed E-state index contributed by atoms with van der Waals surface area (Å²) in [5.74, 6) is -0.0353. The normalized spacial score (nSPS) is 10.2. The number of benzene rings is 1. The summed E-state index contributed by atoms with van der Waals surface area (Å²) in [6, 6.07) is 9.80. The lowest BCUT2D eigenvalue weighted by Gasteiger charge is -2.05. The first-order valence-corrected chi connectivity index (χ1v) is 7.91. The smallest absolute Gasteiger partial charge is 0.303 e. The molecule has 0 saturated carbocycles. The van der Waals surface area contributed by atoms with Gasteiger partial charge in [-0.05, 0) is 48.7 Å². The van der Waals surface area contributed by atoms with Gasteiger partial charge in [0.25, 0.3) is 0 Å². The van der Waals surface area contributed by atoms with Crippen LogP contribution in [-0.4, -0.2) is 22.7 Å². The van der Waals surface area contributed by atoms with Gasteiger partial charge in [-0.2, -0.15) is 0 Å². The minimum atomic E-state index is -0.793. The molecule has 0 amide bonds. The third-order valence-corrected chi connectivity index (χ3v) is 2.99. The van der Waals surface area contributed by atoms with Crippen LogP contribution in [0.1, 0.15) is 43.5 Å². The van der Waals surface area contributed by atoms with Crippen molar-refractivity contribution in [3.8, 4) is 5.75 Å². The van der Waals surface area contributed by atoms with Crippen LogP contribution in [0.3, 0.4) is 0 Å². The summed E-state index contributed by atoms with van der Waals surface area (Å²) in [6.45, 7) is 6.47. The molecule has 4 heteroatoms. The van der Waals surface area contributed by atoms with Crippen LogP contribution in [0, 0.1) is 6.92 Å². The molecule has 124 valence electrons. The highest BCUT2D eigenvalue weighted by Gasteiger charge is 1.98. The predicted molar refractivity (Wildman–Crippen MR) is 94.6 cm³/mol. The Kier molecular flexibility index (Phi) is 8.29. The molecule has 0 aliphatic heterocycles. The number of aromatic nitrogens is 1. The van der Waals surface area contributed by atoms with E-state index in [4.69, 9.17) is 9.84 Å². The zero-order chi connectivity index (χ0) is 17.1. The summed E-state index contributed by atoms with van der Waals surface area (Å²) in [7, 11) is 0. The van der Waals surface area contributed by atoms with E-state index in [9.17, 15) is 4.79 Å². The zero-order valence-electron chi connectivity index (χ0n) is 14.0. The van der Waals surface area contributed by atoms with Crippen molar-refractivity contribution in [1.29, 1.82) is 0 Å². The van der Waals surface area contributed by atoms with Crippen LogP contribution < -0.4 is 4.74 Å². The van der Waals surface area contributed by atoms with E-state index in [1.165, 1.54) is 5.56 Å². The lowest BCUT2D eigenvalue weighted by atomic mass is 10.2. The molecule has 2 aromatic rings. The summed E-state index contributed by atoms with van der Waals surface area (Å²) in [5, 5.41) is 8.54. The maximum Gasteiger partial charge on any atom is 0.303 e. The average Bonchev–Trinajstić information content (AvgIpc) is 2.98. The molecule has 0 bridgehead atoms. The number of aromatic amines is 1. The van der Waals surface area contributed by atoms with Gasteiger partial charge in [0.2, 0.25) is 0 Å². The third kappa shape index (κ3) is 7.36. The van der Waals surface area contributed by atoms with Crippen molar-refractivity contribution in [2.75, 3.05) is 6.61 Å². The summed E-state index contributed by atoms with van der Waals surface area (Å²) < 4.78 is 5.48. The Labute approximate surface area is 137 Å². The number of hydrogen-bond donors (Lipinski definition) is 2. The lowest BCUT2D eigenvalue weighted by Crippen LogP contribution is -2.01. The van der Waals surface area contributed by atoms with Crippen molar-refractivity contribution in [3.63, 3.8) is 0 Å². The van der Waals surface area contributed by atoms with Crippen molar-refractivity contribution in [2.24, 2.45) is 0 Å². The predicted octanol–water partition coefficient (Wildman–Crippen LogP) is 4.76. The molecule has 0 saturated heterocycles. The highest BCUT2D eigenvalue weighted by atomic mass is 16.5. The largest absolute Gasteiger partial charge is 0.494 e. The van der Waals surface area contributed by atoms with E-state index in [2.05, 4.69) is 11.1 Å². The summed E-state index contributed by atoms with van der Waals surface area (Å²) in [4.78, 5) is 13.6. The number of H-pyrrole nitrogens is 1. The van der Waals surface area contributed by atoms with Gasteiger partial charge in [0.1, 0.15) is 5.75 Å². The number of carbonyl (C=O) groups is 1. The fraction of sp³-hybridized carbons (Fsp3) is 0.316. The third-order valence-electron chi connectivity index (χ3n) is 2.99. The molecule has 0 aliphatic rings. The molecule has 23 heavy (non-hydrogen) atoms. The average molecular weight is 315 g/mol. The summed E-state index contributed by atoms with van der Waals surface area (Å²) in [5.41, 5.74) is 3.36. The van der Waals surface area contributed by atoms with Crippen LogP contribution in [-0.2, 0) is 4.79 Å². The Hall–Kier alpha value is -2.49. The van der Waals surface area contributed by atoms with E-state index in [-0.39, 0.29) is 6.42 Å². The molecule has 0 fully saturated rings. The monoisotopic (exact) mass is 315 g/mol. The first kappa shape index (κ1) is 18.6. The number of carboxylic acids is 1. The Morgan fingerprint density at radius 2 is 1.91 bits per heavy atom. The number of rotatable bonds is 7. The molecule has 0 unspecified atom stereocenters. The molecule has 1 aromatic carbocycles. The second-order valence-electron chi connectivity index (χ2n) is 4.88. The highest BCUT2D eigenvalue weighted by molar-refractivity contribution is 5.68. The van der Waals surface area contributed by atoms with E-state index in [1.54, 1.807) is 0 Å². The molecule has 1 aromatic heterocycles. The van der Waals surface area contributed by atoms with Crippen molar-refractivity contribution >= 4 is 18.1 Å². The zero-order valence-corrected chi connectivity index (χ0v) is 14.0. The summed E-state index contributed by atoms with van der Waals surface area (Å²) in [6.07, 6.45) is 6.67. The molecule has 2 N–H and O–H groups in total. The molecule has 0 spiro atoms. The molecule has 0 atom stereocenters. The number of aliphatic carboxylic acids is 1. The quantitative estimate of drug-likeness (QED) is 0.724. The number of nitrogens with one attached hydrogen (secondary N) is 1. The number of hydrogen-bond acceptors (Lipinski definition) is 2. The van der Waals surface area contributed by atoms with Crippen molar-refractivity contribution < 1.29 is 14.6 Å². The second-order valence-corrected chi connectivity index (χ2v) is 4.88. The first-order valence-electron chi connectivity index (χ1n) is 7.91. The van der Waals surface area contributed by atoms with Gasteiger partial charge in [-0.1, -0.05) is 32.1 Å². The van der Waals surface area contributed by atoms with E-state index < -0.39 is 5.97 Å². The van der Waals surface area contributed by atoms with Crippen LogP contribution in [0.15, 0.2) is 36.5 Å². The minimum Gasteiger partial charge on any atom is -0.494 e. The van der Waals surface area contributed by atoms with Crippen molar-refractivity contribution in [1.82, 2.24) is 4.98 Å².